The van der Waals surface area contributed by atoms with Gasteiger partial charge in [0.1, 0.15) is 5.69 Å². The number of aromatic amines is 1. The summed E-state index contributed by atoms with van der Waals surface area (Å²) in [7, 11) is 0. The first-order valence-corrected chi connectivity index (χ1v) is 4.47. The Kier molecular flexibility index (Phi) is 2.52. The van der Waals surface area contributed by atoms with Gasteiger partial charge in [-0.2, -0.15) is 18.3 Å². The summed E-state index contributed by atoms with van der Waals surface area (Å²) in [5.41, 5.74) is -0.0104. The lowest BCUT2D eigenvalue weighted by atomic mass is 10.0. The zero-order chi connectivity index (χ0) is 10.9. The molecular weight excluding hydrogens is 209 g/mol. The van der Waals surface area contributed by atoms with Crippen molar-refractivity contribution in [2.24, 2.45) is 0 Å². The Morgan fingerprint density at radius 3 is 2.80 bits per heavy atom. The molecule has 0 amide bonds. The van der Waals surface area contributed by atoms with Gasteiger partial charge in [-0.25, -0.2) is 0 Å². The smallest absolute Gasteiger partial charge is 0.377 e. The van der Waals surface area contributed by atoms with Crippen molar-refractivity contribution in [3.63, 3.8) is 0 Å². The maximum Gasteiger partial charge on any atom is 0.433 e. The van der Waals surface area contributed by atoms with Gasteiger partial charge in [0.15, 0.2) is 0 Å². The van der Waals surface area contributed by atoms with Crippen molar-refractivity contribution in [3.05, 3.63) is 23.5 Å². The SMILES string of the molecule is FC(F)(F)c1[nH]ncc1C1=CCOCC1. The Morgan fingerprint density at radius 1 is 1.40 bits per heavy atom. The number of nitrogens with zero attached hydrogens (tertiary/aromatic N) is 1. The minimum absolute atomic E-state index is 0.130. The van der Waals surface area contributed by atoms with Gasteiger partial charge in [0.2, 0.25) is 0 Å². The molecule has 0 saturated heterocycles. The van der Waals surface area contributed by atoms with Crippen molar-refractivity contribution in [1.29, 1.82) is 0 Å². The minimum Gasteiger partial charge on any atom is -0.377 e. The third-order valence-corrected chi connectivity index (χ3v) is 2.23. The summed E-state index contributed by atoms with van der Waals surface area (Å²) in [6, 6.07) is 0. The van der Waals surface area contributed by atoms with Gasteiger partial charge in [0.05, 0.1) is 19.4 Å². The van der Waals surface area contributed by atoms with Gasteiger partial charge in [0.25, 0.3) is 0 Å². The molecule has 2 rings (SSSR count). The Bertz CT molecular complexity index is 381. The normalized spacial score (nSPS) is 17.7. The molecule has 0 fully saturated rings. The number of nitrogens with one attached hydrogen (secondary N) is 1. The van der Waals surface area contributed by atoms with Crippen LogP contribution in [0.2, 0.25) is 0 Å². The molecule has 0 spiro atoms. The fraction of sp³-hybridized carbons (Fsp3) is 0.444. The topological polar surface area (TPSA) is 37.9 Å². The van der Waals surface area contributed by atoms with Crippen LogP contribution >= 0.6 is 0 Å². The van der Waals surface area contributed by atoms with Gasteiger partial charge in [-0.15, -0.1) is 0 Å². The molecule has 82 valence electrons. The van der Waals surface area contributed by atoms with Crippen LogP contribution in [0.1, 0.15) is 17.7 Å². The zero-order valence-electron chi connectivity index (χ0n) is 7.77. The lowest BCUT2D eigenvalue weighted by Gasteiger charge is -2.14. The Balaban J connectivity index is 2.36. The van der Waals surface area contributed by atoms with E-state index >= 15 is 0 Å². The van der Waals surface area contributed by atoms with Crippen molar-refractivity contribution < 1.29 is 17.9 Å². The Labute approximate surface area is 83.9 Å². The number of halogens is 3. The first-order chi connectivity index (χ1) is 7.09. The molecule has 0 radical (unpaired) electrons. The third kappa shape index (κ3) is 2.04. The molecule has 1 N–H and O–H groups in total. The molecule has 2 heterocycles. The van der Waals surface area contributed by atoms with E-state index in [1.165, 1.54) is 6.20 Å². The second-order valence-corrected chi connectivity index (χ2v) is 3.21. The Hall–Kier alpha value is -1.30. The van der Waals surface area contributed by atoms with Gasteiger partial charge in [-0.05, 0) is 12.0 Å². The average molecular weight is 218 g/mol. The maximum absolute atomic E-state index is 12.5. The highest BCUT2D eigenvalue weighted by Gasteiger charge is 2.36. The molecule has 1 aromatic heterocycles. The molecular formula is C9H9F3N2O. The molecule has 1 aliphatic heterocycles. The summed E-state index contributed by atoms with van der Waals surface area (Å²) in [5.74, 6) is 0. The summed E-state index contributed by atoms with van der Waals surface area (Å²) >= 11 is 0. The number of hydrogen-bond donors (Lipinski definition) is 1. The summed E-state index contributed by atoms with van der Waals surface area (Å²) in [6.45, 7) is 0.812. The van der Waals surface area contributed by atoms with E-state index in [0.29, 0.717) is 25.2 Å². The fourth-order valence-electron chi connectivity index (χ4n) is 1.52. The molecule has 0 unspecified atom stereocenters. The van der Waals surface area contributed by atoms with E-state index < -0.39 is 11.9 Å². The number of rotatable bonds is 1. The van der Waals surface area contributed by atoms with E-state index in [9.17, 15) is 13.2 Å². The minimum atomic E-state index is -4.38. The van der Waals surface area contributed by atoms with Crippen LogP contribution in [0, 0.1) is 0 Å². The predicted octanol–water partition coefficient (Wildman–Crippen LogP) is 2.23. The highest BCUT2D eigenvalue weighted by Crippen LogP contribution is 2.34. The highest BCUT2D eigenvalue weighted by atomic mass is 19.4. The van der Waals surface area contributed by atoms with Gasteiger partial charge < -0.3 is 4.74 Å². The number of hydrogen-bond acceptors (Lipinski definition) is 2. The highest BCUT2D eigenvalue weighted by molar-refractivity contribution is 5.67. The number of ether oxygens (including phenoxy) is 1. The number of H-pyrrole nitrogens is 1. The quantitative estimate of drug-likeness (QED) is 0.784. The third-order valence-electron chi connectivity index (χ3n) is 2.23. The van der Waals surface area contributed by atoms with Crippen LogP contribution in [0.15, 0.2) is 12.3 Å². The average Bonchev–Trinajstić information content (AvgIpc) is 2.67. The van der Waals surface area contributed by atoms with Gasteiger partial charge >= 0.3 is 6.18 Å². The van der Waals surface area contributed by atoms with Gasteiger partial charge in [0, 0.05) is 5.56 Å². The lowest BCUT2D eigenvalue weighted by Crippen LogP contribution is -2.11. The molecule has 15 heavy (non-hydrogen) atoms. The van der Waals surface area contributed by atoms with E-state index in [2.05, 4.69) is 5.10 Å². The maximum atomic E-state index is 12.5. The van der Waals surface area contributed by atoms with Crippen LogP contribution in [-0.4, -0.2) is 23.4 Å². The predicted molar refractivity (Wildman–Crippen MR) is 47.0 cm³/mol. The first kappa shape index (κ1) is 10.2. The number of alkyl halides is 3. The van der Waals surface area contributed by atoms with Crippen molar-refractivity contribution in [2.45, 2.75) is 12.6 Å². The molecule has 0 atom stereocenters. The van der Waals surface area contributed by atoms with Gasteiger partial charge in [-0.3, -0.25) is 5.10 Å². The van der Waals surface area contributed by atoms with Crippen LogP contribution in [0.5, 0.6) is 0 Å². The molecule has 0 aliphatic carbocycles. The van der Waals surface area contributed by atoms with E-state index in [1.54, 1.807) is 6.08 Å². The second kappa shape index (κ2) is 3.69. The molecule has 3 nitrogen and oxygen atoms in total. The van der Waals surface area contributed by atoms with Crippen molar-refractivity contribution >= 4 is 5.57 Å². The number of aromatic nitrogens is 2. The molecule has 6 heteroatoms. The summed E-state index contributed by atoms with van der Waals surface area (Å²) in [5, 5.41) is 5.42. The fourth-order valence-corrected chi connectivity index (χ4v) is 1.52. The summed E-state index contributed by atoms with van der Waals surface area (Å²) < 4.78 is 42.6. The van der Waals surface area contributed by atoms with E-state index in [-0.39, 0.29) is 5.56 Å². The first-order valence-electron chi connectivity index (χ1n) is 4.47. The molecule has 1 aliphatic rings. The summed E-state index contributed by atoms with van der Waals surface area (Å²) in [6.07, 6.45) is -1.03. The van der Waals surface area contributed by atoms with E-state index in [0.717, 1.165) is 0 Å². The van der Waals surface area contributed by atoms with Crippen LogP contribution in [0.3, 0.4) is 0 Å². The molecule has 1 aromatic rings. The lowest BCUT2D eigenvalue weighted by molar-refractivity contribution is -0.141. The van der Waals surface area contributed by atoms with Crippen LogP contribution in [0.4, 0.5) is 13.2 Å². The summed E-state index contributed by atoms with van der Waals surface area (Å²) in [4.78, 5) is 0. The largest absolute Gasteiger partial charge is 0.433 e. The Morgan fingerprint density at radius 2 is 2.20 bits per heavy atom. The van der Waals surface area contributed by atoms with Gasteiger partial charge in [-0.1, -0.05) is 6.08 Å². The monoisotopic (exact) mass is 218 g/mol. The molecule has 0 aromatic carbocycles. The van der Waals surface area contributed by atoms with Crippen molar-refractivity contribution in [2.75, 3.05) is 13.2 Å². The van der Waals surface area contributed by atoms with Crippen LogP contribution in [-0.2, 0) is 10.9 Å². The van der Waals surface area contributed by atoms with Crippen LogP contribution in [0.25, 0.3) is 5.57 Å². The molecule has 0 bridgehead atoms. The van der Waals surface area contributed by atoms with E-state index in [1.807, 2.05) is 5.10 Å². The van der Waals surface area contributed by atoms with Crippen molar-refractivity contribution in [1.82, 2.24) is 10.2 Å². The second-order valence-electron chi connectivity index (χ2n) is 3.21. The van der Waals surface area contributed by atoms with E-state index in [4.69, 9.17) is 4.74 Å². The van der Waals surface area contributed by atoms with Crippen molar-refractivity contribution in [3.8, 4) is 0 Å². The van der Waals surface area contributed by atoms with Crippen LogP contribution < -0.4 is 0 Å². The molecule has 0 saturated carbocycles. The standard InChI is InChI=1S/C9H9F3N2O/c10-9(11,12)8-7(5-13-14-8)6-1-3-15-4-2-6/h1,5H,2-4H2,(H,13,14). The zero-order valence-corrected chi connectivity index (χ0v) is 7.77.